The van der Waals surface area contributed by atoms with Crippen LogP contribution in [0, 0.1) is 0 Å². The molecule has 7 aromatic carbocycles. The highest BCUT2D eigenvalue weighted by atomic mass is 32.2. The lowest BCUT2D eigenvalue weighted by Gasteiger charge is -2.21. The topological polar surface area (TPSA) is 0 Å². The fourth-order valence-electron chi connectivity index (χ4n) is 6.84. The molecule has 0 saturated heterocycles. The zero-order valence-electron chi connectivity index (χ0n) is 22.9. The molecule has 0 bridgehead atoms. The molecule has 0 unspecified atom stereocenters. The van der Waals surface area contributed by atoms with Gasteiger partial charge in [0.1, 0.15) is 0 Å². The molecule has 1 aliphatic heterocycles. The van der Waals surface area contributed by atoms with Crippen LogP contribution in [0.1, 0.15) is 0 Å². The predicted octanol–water partition coefficient (Wildman–Crippen LogP) is 13.0. The first-order valence-corrected chi connectivity index (χ1v) is 16.9. The third kappa shape index (κ3) is 3.56. The third-order valence-electron chi connectivity index (χ3n) is 8.88. The standard InChI is InChI=1S/C40H22S3/c1-2-12-34-28(8-1)32-11-5-9-27(40(32)43-34)26-15-18-30-29-17-14-25(21-37(29)42-38(30)22-26)24-16-19-35-33(20-24)31-10-3-6-23-7-4-13-36(41-35)39(23)31/h1-22H. The third-order valence-corrected chi connectivity index (χ3v) is 12.3. The summed E-state index contributed by atoms with van der Waals surface area (Å²) in [6, 6.07) is 49.8. The lowest BCUT2D eigenvalue weighted by molar-refractivity contribution is 1.40. The second kappa shape index (κ2) is 9.05. The Morgan fingerprint density at radius 2 is 1.05 bits per heavy atom. The number of fused-ring (bicyclic) bond motifs is 8. The molecular weight excluding hydrogens is 577 g/mol. The SMILES string of the molecule is c1cc2c3c(cccc3c1)-c1cc(-c3ccc4c(c3)sc3cc(-c5cccc6c5sc5ccccc56)ccc34)ccc1S2. The molecule has 0 nitrogen and oxygen atoms in total. The van der Waals surface area contributed by atoms with E-state index in [2.05, 4.69) is 133 Å². The van der Waals surface area contributed by atoms with Crippen molar-refractivity contribution in [1.82, 2.24) is 0 Å². The van der Waals surface area contributed by atoms with Crippen molar-refractivity contribution in [1.29, 1.82) is 0 Å². The summed E-state index contributed by atoms with van der Waals surface area (Å²) in [5.41, 5.74) is 7.83. The average Bonchev–Trinajstić information content (AvgIpc) is 3.62. The Morgan fingerprint density at radius 3 is 1.95 bits per heavy atom. The van der Waals surface area contributed by atoms with E-state index in [9.17, 15) is 0 Å². The minimum atomic E-state index is 1.27. The Balaban J connectivity index is 1.09. The van der Waals surface area contributed by atoms with Gasteiger partial charge in [0.25, 0.3) is 0 Å². The van der Waals surface area contributed by atoms with Crippen molar-refractivity contribution >= 4 is 85.6 Å². The van der Waals surface area contributed by atoms with Crippen molar-refractivity contribution in [3.63, 3.8) is 0 Å². The van der Waals surface area contributed by atoms with E-state index in [1.54, 1.807) is 0 Å². The average molecular weight is 599 g/mol. The summed E-state index contributed by atoms with van der Waals surface area (Å²) in [5, 5.41) is 8.06. The zero-order chi connectivity index (χ0) is 28.1. The molecule has 0 aliphatic carbocycles. The molecule has 0 radical (unpaired) electrons. The molecule has 0 N–H and O–H groups in total. The Labute approximate surface area is 260 Å². The lowest BCUT2D eigenvalue weighted by Crippen LogP contribution is -1.93. The molecule has 3 heteroatoms. The normalized spacial score (nSPS) is 12.6. The summed E-state index contributed by atoms with van der Waals surface area (Å²) >= 11 is 5.69. The van der Waals surface area contributed by atoms with E-state index >= 15 is 0 Å². The van der Waals surface area contributed by atoms with Crippen molar-refractivity contribution in [2.24, 2.45) is 0 Å². The first kappa shape index (κ1) is 24.1. The van der Waals surface area contributed by atoms with Gasteiger partial charge in [-0.05, 0) is 75.2 Å². The number of hydrogen-bond acceptors (Lipinski definition) is 3. The molecule has 0 amide bonds. The van der Waals surface area contributed by atoms with E-state index < -0.39 is 0 Å². The van der Waals surface area contributed by atoms with E-state index in [1.165, 1.54) is 94.3 Å². The Morgan fingerprint density at radius 1 is 0.372 bits per heavy atom. The highest BCUT2D eigenvalue weighted by Gasteiger charge is 2.20. The van der Waals surface area contributed by atoms with Gasteiger partial charge < -0.3 is 0 Å². The van der Waals surface area contributed by atoms with Gasteiger partial charge in [-0.25, -0.2) is 0 Å². The fraction of sp³-hybridized carbons (Fsp3) is 0. The van der Waals surface area contributed by atoms with Gasteiger partial charge in [-0.15, -0.1) is 22.7 Å². The van der Waals surface area contributed by atoms with Crippen LogP contribution >= 0.6 is 34.4 Å². The van der Waals surface area contributed by atoms with Gasteiger partial charge in [-0.2, -0.15) is 0 Å². The quantitative estimate of drug-likeness (QED) is 0.191. The van der Waals surface area contributed by atoms with Crippen LogP contribution in [0.15, 0.2) is 143 Å². The molecule has 2 aromatic heterocycles. The second-order valence-corrected chi connectivity index (χ2v) is 14.5. The Hall–Kier alpha value is -4.41. The van der Waals surface area contributed by atoms with E-state index in [0.717, 1.165) is 0 Å². The largest absolute Gasteiger partial charge is 0.135 e. The van der Waals surface area contributed by atoms with Gasteiger partial charge in [0, 0.05) is 55.5 Å². The highest BCUT2D eigenvalue weighted by Crippen LogP contribution is 2.49. The summed E-state index contributed by atoms with van der Waals surface area (Å²) in [7, 11) is 0. The fourth-order valence-corrected chi connectivity index (χ4v) is 10.4. The molecule has 0 fully saturated rings. The summed E-state index contributed by atoms with van der Waals surface area (Å²) < 4.78 is 5.40. The minimum Gasteiger partial charge on any atom is -0.135 e. The molecular formula is C40H22S3. The highest BCUT2D eigenvalue weighted by molar-refractivity contribution is 7.99. The molecule has 200 valence electrons. The molecule has 3 heterocycles. The van der Waals surface area contributed by atoms with Crippen molar-refractivity contribution in [2.45, 2.75) is 9.79 Å². The molecule has 9 aromatic rings. The van der Waals surface area contributed by atoms with Crippen LogP contribution in [0.4, 0.5) is 0 Å². The summed E-state index contributed by atoms with van der Waals surface area (Å²) in [5.74, 6) is 0. The van der Waals surface area contributed by atoms with E-state index in [1.807, 2.05) is 34.4 Å². The molecule has 0 saturated carbocycles. The van der Waals surface area contributed by atoms with Crippen LogP contribution in [0.25, 0.3) is 84.5 Å². The van der Waals surface area contributed by atoms with Gasteiger partial charge >= 0.3 is 0 Å². The predicted molar refractivity (Wildman–Crippen MR) is 190 cm³/mol. The van der Waals surface area contributed by atoms with Crippen LogP contribution in [-0.2, 0) is 0 Å². The van der Waals surface area contributed by atoms with Crippen molar-refractivity contribution < 1.29 is 0 Å². The number of thiophene rings is 2. The first-order valence-electron chi connectivity index (χ1n) is 14.5. The maximum absolute atomic E-state index is 2.40. The van der Waals surface area contributed by atoms with Gasteiger partial charge in [0.15, 0.2) is 0 Å². The Bertz CT molecular complexity index is 2590. The molecule has 0 spiro atoms. The van der Waals surface area contributed by atoms with Crippen LogP contribution in [0.2, 0.25) is 0 Å². The number of benzene rings is 7. The summed E-state index contributed by atoms with van der Waals surface area (Å²) in [4.78, 5) is 2.68. The summed E-state index contributed by atoms with van der Waals surface area (Å²) in [6.45, 7) is 0. The van der Waals surface area contributed by atoms with Gasteiger partial charge in [0.05, 0.1) is 0 Å². The molecule has 1 aliphatic rings. The summed E-state index contributed by atoms with van der Waals surface area (Å²) in [6.07, 6.45) is 0. The van der Waals surface area contributed by atoms with Crippen LogP contribution in [0.3, 0.4) is 0 Å². The maximum atomic E-state index is 2.40. The van der Waals surface area contributed by atoms with E-state index in [-0.39, 0.29) is 0 Å². The van der Waals surface area contributed by atoms with Gasteiger partial charge in [-0.1, -0.05) is 109 Å². The monoisotopic (exact) mass is 598 g/mol. The van der Waals surface area contributed by atoms with E-state index in [4.69, 9.17) is 0 Å². The van der Waals surface area contributed by atoms with Gasteiger partial charge in [0.2, 0.25) is 0 Å². The number of rotatable bonds is 2. The molecule has 43 heavy (non-hydrogen) atoms. The van der Waals surface area contributed by atoms with Crippen molar-refractivity contribution in [3.05, 3.63) is 133 Å². The number of hydrogen-bond donors (Lipinski definition) is 0. The lowest BCUT2D eigenvalue weighted by atomic mass is 9.94. The smallest absolute Gasteiger partial charge is 0.0433 e. The molecule has 0 atom stereocenters. The maximum Gasteiger partial charge on any atom is 0.0433 e. The minimum absolute atomic E-state index is 1.27. The molecule has 10 rings (SSSR count). The first-order chi connectivity index (χ1) is 21.3. The van der Waals surface area contributed by atoms with Crippen molar-refractivity contribution in [2.75, 3.05) is 0 Å². The van der Waals surface area contributed by atoms with Gasteiger partial charge in [-0.3, -0.25) is 0 Å². The zero-order valence-corrected chi connectivity index (χ0v) is 25.4. The van der Waals surface area contributed by atoms with E-state index in [0.29, 0.717) is 0 Å². The van der Waals surface area contributed by atoms with Crippen LogP contribution in [0.5, 0.6) is 0 Å². The van der Waals surface area contributed by atoms with Crippen molar-refractivity contribution in [3.8, 4) is 33.4 Å². The van der Waals surface area contributed by atoms with Crippen LogP contribution in [-0.4, -0.2) is 0 Å². The van der Waals surface area contributed by atoms with Crippen LogP contribution < -0.4 is 0 Å². The second-order valence-electron chi connectivity index (χ2n) is 11.3. The Kier molecular flexibility index (Phi) is 5.06.